The van der Waals surface area contributed by atoms with Gasteiger partial charge in [-0.25, -0.2) is 0 Å². The first-order valence-electron chi connectivity index (χ1n) is 10.8. The molecule has 4 heteroatoms. The molecule has 1 unspecified atom stereocenters. The Labute approximate surface area is 188 Å². The Morgan fingerprint density at radius 2 is 1.56 bits per heavy atom. The highest BCUT2D eigenvalue weighted by molar-refractivity contribution is 6.51. The number of aliphatic hydroxyl groups is 1. The molecule has 4 nitrogen and oxygen atoms in total. The summed E-state index contributed by atoms with van der Waals surface area (Å²) in [6.07, 6.45) is 0. The number of ketones is 1. The van der Waals surface area contributed by atoms with Crippen molar-refractivity contribution in [2.45, 2.75) is 39.7 Å². The van der Waals surface area contributed by atoms with E-state index in [9.17, 15) is 14.7 Å². The zero-order valence-electron chi connectivity index (χ0n) is 18.8. The molecular weight excluding hydrogens is 398 g/mol. The normalized spacial score (nSPS) is 17.9. The van der Waals surface area contributed by atoms with Gasteiger partial charge >= 0.3 is 0 Å². The van der Waals surface area contributed by atoms with E-state index in [1.54, 1.807) is 0 Å². The summed E-state index contributed by atoms with van der Waals surface area (Å²) in [5.74, 6) is -1.10. The lowest BCUT2D eigenvalue weighted by molar-refractivity contribution is -0.132. The van der Waals surface area contributed by atoms with Crippen molar-refractivity contribution in [3.05, 3.63) is 106 Å². The van der Waals surface area contributed by atoms with E-state index >= 15 is 0 Å². The fourth-order valence-electron chi connectivity index (χ4n) is 4.21. The zero-order chi connectivity index (χ0) is 23.0. The van der Waals surface area contributed by atoms with Gasteiger partial charge in [-0.1, -0.05) is 74.0 Å². The maximum atomic E-state index is 13.2. The third-order valence-corrected chi connectivity index (χ3v) is 6.05. The molecule has 1 saturated heterocycles. The second-order valence-corrected chi connectivity index (χ2v) is 8.64. The lowest BCUT2D eigenvalue weighted by atomic mass is 9.93. The van der Waals surface area contributed by atoms with Crippen LogP contribution in [0.15, 0.2) is 78.4 Å². The summed E-state index contributed by atoms with van der Waals surface area (Å²) in [5.41, 5.74) is 5.04. The van der Waals surface area contributed by atoms with E-state index in [2.05, 4.69) is 13.8 Å². The molecular formula is C28H27NO3. The molecule has 1 aliphatic heterocycles. The van der Waals surface area contributed by atoms with Gasteiger partial charge in [-0.05, 0) is 54.7 Å². The first-order valence-corrected chi connectivity index (χ1v) is 10.8. The quantitative estimate of drug-likeness (QED) is 0.314. The first-order chi connectivity index (χ1) is 15.3. The Bertz CT molecular complexity index is 1210. The van der Waals surface area contributed by atoms with Crippen molar-refractivity contribution < 1.29 is 14.7 Å². The van der Waals surface area contributed by atoms with E-state index in [0.29, 0.717) is 17.2 Å². The van der Waals surface area contributed by atoms with Gasteiger partial charge in [0, 0.05) is 11.3 Å². The molecule has 0 radical (unpaired) electrons. The number of anilines is 1. The van der Waals surface area contributed by atoms with Crippen LogP contribution in [0.1, 0.15) is 53.6 Å². The molecule has 4 rings (SSSR count). The number of aryl methyl sites for hydroxylation is 2. The number of nitrogens with zero attached hydrogens (tertiary/aromatic N) is 1. The predicted molar refractivity (Wildman–Crippen MR) is 128 cm³/mol. The second kappa shape index (κ2) is 8.46. The van der Waals surface area contributed by atoms with Crippen LogP contribution in [0.3, 0.4) is 0 Å². The van der Waals surface area contributed by atoms with Crippen LogP contribution >= 0.6 is 0 Å². The van der Waals surface area contributed by atoms with Gasteiger partial charge in [0.05, 0.1) is 11.6 Å². The summed E-state index contributed by atoms with van der Waals surface area (Å²) in [4.78, 5) is 28.0. The molecule has 1 heterocycles. The van der Waals surface area contributed by atoms with Crippen LogP contribution in [0, 0.1) is 13.8 Å². The van der Waals surface area contributed by atoms with Gasteiger partial charge < -0.3 is 5.11 Å². The minimum atomic E-state index is -0.707. The van der Waals surface area contributed by atoms with Gasteiger partial charge in [0.1, 0.15) is 5.76 Å². The minimum absolute atomic E-state index is 0.114. The third-order valence-electron chi connectivity index (χ3n) is 6.05. The molecule has 1 amide bonds. The third kappa shape index (κ3) is 3.73. The molecule has 162 valence electrons. The van der Waals surface area contributed by atoms with Crippen molar-refractivity contribution in [1.29, 1.82) is 0 Å². The molecule has 0 aromatic heterocycles. The number of carbonyl (C=O) groups is 2. The second-order valence-electron chi connectivity index (χ2n) is 8.64. The predicted octanol–water partition coefficient (Wildman–Crippen LogP) is 6.05. The molecule has 1 fully saturated rings. The fraction of sp³-hybridized carbons (Fsp3) is 0.214. The molecule has 1 N–H and O–H groups in total. The lowest BCUT2D eigenvalue weighted by Gasteiger charge is -2.26. The van der Waals surface area contributed by atoms with E-state index in [4.69, 9.17) is 0 Å². The molecule has 0 bridgehead atoms. The maximum absolute atomic E-state index is 13.2. The summed E-state index contributed by atoms with van der Waals surface area (Å²) < 4.78 is 0. The van der Waals surface area contributed by atoms with Gasteiger partial charge in [0.25, 0.3) is 11.7 Å². The van der Waals surface area contributed by atoms with Crippen molar-refractivity contribution in [2.24, 2.45) is 0 Å². The molecule has 1 aliphatic rings. The highest BCUT2D eigenvalue weighted by atomic mass is 16.3. The van der Waals surface area contributed by atoms with Crippen LogP contribution in [0.5, 0.6) is 0 Å². The van der Waals surface area contributed by atoms with E-state index in [1.807, 2.05) is 86.6 Å². The van der Waals surface area contributed by atoms with Crippen LogP contribution < -0.4 is 4.90 Å². The van der Waals surface area contributed by atoms with Crippen molar-refractivity contribution >= 4 is 23.1 Å². The topological polar surface area (TPSA) is 57.6 Å². The van der Waals surface area contributed by atoms with E-state index < -0.39 is 17.7 Å². The monoisotopic (exact) mass is 425 g/mol. The molecule has 1 atom stereocenters. The van der Waals surface area contributed by atoms with Crippen LogP contribution in [0.25, 0.3) is 5.76 Å². The summed E-state index contributed by atoms with van der Waals surface area (Å²) in [6.45, 7) is 8.03. The number of hydrogen-bond donors (Lipinski definition) is 1. The Hall–Kier alpha value is -3.66. The summed E-state index contributed by atoms with van der Waals surface area (Å²) in [7, 11) is 0. The van der Waals surface area contributed by atoms with E-state index in [1.165, 1.54) is 4.90 Å². The average Bonchev–Trinajstić information content (AvgIpc) is 3.06. The number of amides is 1. The standard InChI is InChI=1S/C28H27NO3/c1-17(2)20-12-14-22(15-13-20)29-25(21-8-6-5-7-9-21)24(27(31)28(29)32)26(30)23-16-18(3)10-11-19(23)4/h5-17,25,30H,1-4H3/b26-24+. The Kier molecular flexibility index (Phi) is 5.70. The van der Waals surface area contributed by atoms with E-state index in [0.717, 1.165) is 22.3 Å². The van der Waals surface area contributed by atoms with Crippen LogP contribution in [-0.4, -0.2) is 16.8 Å². The zero-order valence-corrected chi connectivity index (χ0v) is 18.8. The van der Waals surface area contributed by atoms with Gasteiger partial charge in [-0.15, -0.1) is 0 Å². The van der Waals surface area contributed by atoms with Crippen LogP contribution in [0.2, 0.25) is 0 Å². The Morgan fingerprint density at radius 1 is 0.906 bits per heavy atom. The highest BCUT2D eigenvalue weighted by Crippen LogP contribution is 2.42. The maximum Gasteiger partial charge on any atom is 0.300 e. The Morgan fingerprint density at radius 3 is 2.19 bits per heavy atom. The highest BCUT2D eigenvalue weighted by Gasteiger charge is 2.47. The van der Waals surface area contributed by atoms with Crippen molar-refractivity contribution in [1.82, 2.24) is 0 Å². The number of rotatable bonds is 4. The molecule has 0 aliphatic carbocycles. The number of benzene rings is 3. The lowest BCUT2D eigenvalue weighted by Crippen LogP contribution is -2.29. The Balaban J connectivity index is 1.93. The first kappa shape index (κ1) is 21.6. The number of Topliss-reactive ketones (excluding diaryl/α,β-unsaturated/α-hetero) is 1. The summed E-state index contributed by atoms with van der Waals surface area (Å²) >= 11 is 0. The number of hydrogen-bond acceptors (Lipinski definition) is 3. The molecule has 0 spiro atoms. The number of carbonyl (C=O) groups excluding carboxylic acids is 2. The summed E-state index contributed by atoms with van der Waals surface area (Å²) in [6, 6.07) is 22.1. The number of aliphatic hydroxyl groups excluding tert-OH is 1. The van der Waals surface area contributed by atoms with Gasteiger partial charge in [0.15, 0.2) is 0 Å². The van der Waals surface area contributed by atoms with Crippen molar-refractivity contribution in [2.75, 3.05) is 4.90 Å². The van der Waals surface area contributed by atoms with Crippen LogP contribution in [0.4, 0.5) is 5.69 Å². The average molecular weight is 426 g/mol. The minimum Gasteiger partial charge on any atom is -0.507 e. The van der Waals surface area contributed by atoms with Gasteiger partial charge in [-0.3, -0.25) is 14.5 Å². The van der Waals surface area contributed by atoms with Gasteiger partial charge in [0.2, 0.25) is 0 Å². The smallest absolute Gasteiger partial charge is 0.300 e. The molecule has 3 aromatic rings. The molecule has 0 saturated carbocycles. The SMILES string of the molecule is Cc1ccc(C)c(/C(O)=C2\C(=O)C(=O)N(c3ccc(C(C)C)cc3)C2c2ccccc2)c1. The summed E-state index contributed by atoms with van der Waals surface area (Å²) in [5, 5.41) is 11.3. The molecule has 3 aromatic carbocycles. The van der Waals surface area contributed by atoms with Crippen molar-refractivity contribution in [3.63, 3.8) is 0 Å². The van der Waals surface area contributed by atoms with E-state index in [-0.39, 0.29) is 11.3 Å². The largest absolute Gasteiger partial charge is 0.507 e. The van der Waals surface area contributed by atoms with Crippen LogP contribution in [-0.2, 0) is 9.59 Å². The molecule has 32 heavy (non-hydrogen) atoms. The van der Waals surface area contributed by atoms with Crippen molar-refractivity contribution in [3.8, 4) is 0 Å². The fourth-order valence-corrected chi connectivity index (χ4v) is 4.21. The van der Waals surface area contributed by atoms with Gasteiger partial charge in [-0.2, -0.15) is 0 Å².